The highest BCUT2D eigenvalue weighted by Crippen LogP contribution is 2.39. The number of fused-ring (bicyclic) bond motifs is 1. The molecule has 1 heterocycles. The minimum atomic E-state index is 0.338. The van der Waals surface area contributed by atoms with E-state index in [0.717, 1.165) is 22.8 Å². The fourth-order valence-corrected chi connectivity index (χ4v) is 2.33. The lowest BCUT2D eigenvalue weighted by molar-refractivity contribution is 0.409. The molecule has 0 N–H and O–H groups in total. The Morgan fingerprint density at radius 2 is 1.84 bits per heavy atom. The van der Waals surface area contributed by atoms with Gasteiger partial charge in [0, 0.05) is 23.1 Å². The Kier molecular flexibility index (Phi) is 3.00. The first kappa shape index (κ1) is 11.8. The molecule has 1 aliphatic heterocycles. The molecule has 2 nitrogen and oxygen atoms in total. The average Bonchev–Trinajstić information content (AvgIpc) is 2.47. The maximum atomic E-state index is 6.01. The van der Waals surface area contributed by atoms with Crippen molar-refractivity contribution >= 4 is 5.76 Å². The molecule has 2 aromatic carbocycles. The van der Waals surface area contributed by atoms with Crippen molar-refractivity contribution in [2.45, 2.75) is 12.8 Å². The zero-order chi connectivity index (χ0) is 13.2. The number of hydrogen-bond acceptors (Lipinski definition) is 2. The molecule has 0 spiro atoms. The molecule has 1 aliphatic rings. The first-order valence-electron chi connectivity index (χ1n) is 6.41. The summed E-state index contributed by atoms with van der Waals surface area (Å²) in [5, 5.41) is 0. The molecule has 0 aromatic heterocycles. The quantitative estimate of drug-likeness (QED) is 0.796. The van der Waals surface area contributed by atoms with Crippen molar-refractivity contribution in [3.63, 3.8) is 0 Å². The maximum Gasteiger partial charge on any atom is 0.134 e. The first-order chi connectivity index (χ1) is 9.28. The summed E-state index contributed by atoms with van der Waals surface area (Å²) in [6.45, 7) is 2.18. The van der Waals surface area contributed by atoms with Crippen LogP contribution in [0, 0.1) is 0 Å². The van der Waals surface area contributed by atoms with Crippen molar-refractivity contribution in [1.82, 2.24) is 0 Å². The number of hydrogen-bond donors (Lipinski definition) is 0. The predicted octanol–water partition coefficient (Wildman–Crippen LogP) is 4.23. The van der Waals surface area contributed by atoms with Gasteiger partial charge in [-0.15, -0.1) is 0 Å². The SMILES string of the molecule is COc1ccc2c(c1)OC(c1ccccc1)=CC2C. The topological polar surface area (TPSA) is 18.5 Å². The highest BCUT2D eigenvalue weighted by molar-refractivity contribution is 5.67. The standard InChI is InChI=1S/C17H16O2/c1-12-10-16(13-6-4-3-5-7-13)19-17-11-14(18-2)8-9-15(12)17/h3-12H,1-2H3. The van der Waals surface area contributed by atoms with Crippen LogP contribution in [0.3, 0.4) is 0 Å². The zero-order valence-electron chi connectivity index (χ0n) is 11.1. The highest BCUT2D eigenvalue weighted by atomic mass is 16.5. The molecule has 3 rings (SSSR count). The van der Waals surface area contributed by atoms with E-state index in [-0.39, 0.29) is 0 Å². The van der Waals surface area contributed by atoms with Gasteiger partial charge in [0.1, 0.15) is 17.3 Å². The second-order valence-corrected chi connectivity index (χ2v) is 4.69. The molecule has 0 saturated heterocycles. The van der Waals surface area contributed by atoms with Crippen LogP contribution in [-0.4, -0.2) is 7.11 Å². The van der Waals surface area contributed by atoms with Crippen LogP contribution in [0.2, 0.25) is 0 Å². The molecule has 0 aliphatic carbocycles. The van der Waals surface area contributed by atoms with Gasteiger partial charge in [-0.1, -0.05) is 43.3 Å². The van der Waals surface area contributed by atoms with E-state index < -0.39 is 0 Å². The van der Waals surface area contributed by atoms with Crippen LogP contribution in [0.5, 0.6) is 11.5 Å². The fraction of sp³-hybridized carbons (Fsp3) is 0.176. The summed E-state index contributed by atoms with van der Waals surface area (Å²) in [7, 11) is 1.67. The molecule has 0 fully saturated rings. The second kappa shape index (κ2) is 4.81. The summed E-state index contributed by atoms with van der Waals surface area (Å²) in [4.78, 5) is 0. The number of benzene rings is 2. The van der Waals surface area contributed by atoms with E-state index in [1.807, 2.05) is 30.3 Å². The predicted molar refractivity (Wildman–Crippen MR) is 76.5 cm³/mol. The van der Waals surface area contributed by atoms with E-state index in [1.165, 1.54) is 5.56 Å². The second-order valence-electron chi connectivity index (χ2n) is 4.69. The molecule has 0 bridgehead atoms. The Labute approximate surface area is 113 Å². The lowest BCUT2D eigenvalue weighted by Crippen LogP contribution is -2.07. The molecular weight excluding hydrogens is 236 g/mol. The van der Waals surface area contributed by atoms with Gasteiger partial charge >= 0.3 is 0 Å². The summed E-state index contributed by atoms with van der Waals surface area (Å²) in [5.74, 6) is 2.95. The van der Waals surface area contributed by atoms with Crippen LogP contribution in [0.1, 0.15) is 24.0 Å². The number of rotatable bonds is 2. The Morgan fingerprint density at radius 3 is 2.58 bits per heavy atom. The summed E-state index contributed by atoms with van der Waals surface area (Å²) in [6, 6.07) is 16.1. The molecule has 0 amide bonds. The van der Waals surface area contributed by atoms with Crippen molar-refractivity contribution in [3.05, 3.63) is 65.7 Å². The Morgan fingerprint density at radius 1 is 1.05 bits per heavy atom. The van der Waals surface area contributed by atoms with Gasteiger partial charge in [-0.05, 0) is 12.1 Å². The van der Waals surface area contributed by atoms with Crippen molar-refractivity contribution < 1.29 is 9.47 Å². The third-order valence-corrected chi connectivity index (χ3v) is 3.39. The summed E-state index contributed by atoms with van der Waals surface area (Å²) < 4.78 is 11.3. The summed E-state index contributed by atoms with van der Waals surface area (Å²) in [6.07, 6.45) is 2.16. The Balaban J connectivity index is 2.00. The zero-order valence-corrected chi connectivity index (χ0v) is 11.1. The third kappa shape index (κ3) is 2.22. The van der Waals surface area contributed by atoms with Gasteiger partial charge in [0.15, 0.2) is 0 Å². The molecule has 1 atom stereocenters. The highest BCUT2D eigenvalue weighted by Gasteiger charge is 2.19. The van der Waals surface area contributed by atoms with E-state index in [2.05, 4.69) is 31.2 Å². The summed E-state index contributed by atoms with van der Waals surface area (Å²) >= 11 is 0. The van der Waals surface area contributed by atoms with Crippen molar-refractivity contribution in [3.8, 4) is 11.5 Å². The molecule has 0 saturated carbocycles. The van der Waals surface area contributed by atoms with Crippen LogP contribution in [0.25, 0.3) is 5.76 Å². The van der Waals surface area contributed by atoms with Gasteiger partial charge in [-0.2, -0.15) is 0 Å². The van der Waals surface area contributed by atoms with Gasteiger partial charge in [0.2, 0.25) is 0 Å². The van der Waals surface area contributed by atoms with Gasteiger partial charge < -0.3 is 9.47 Å². The van der Waals surface area contributed by atoms with Crippen LogP contribution < -0.4 is 9.47 Å². The first-order valence-corrected chi connectivity index (χ1v) is 6.41. The number of allylic oxidation sites excluding steroid dienone is 1. The Hall–Kier alpha value is -2.22. The van der Waals surface area contributed by atoms with Gasteiger partial charge in [-0.25, -0.2) is 0 Å². The lowest BCUT2D eigenvalue weighted by Gasteiger charge is -2.23. The van der Waals surface area contributed by atoms with E-state index in [9.17, 15) is 0 Å². The molecule has 0 radical (unpaired) electrons. The largest absolute Gasteiger partial charge is 0.497 e. The molecular formula is C17H16O2. The van der Waals surface area contributed by atoms with Crippen LogP contribution in [0.15, 0.2) is 54.6 Å². The number of ether oxygens (including phenoxy) is 2. The van der Waals surface area contributed by atoms with Gasteiger partial charge in [0.25, 0.3) is 0 Å². The lowest BCUT2D eigenvalue weighted by atomic mass is 9.95. The summed E-state index contributed by atoms with van der Waals surface area (Å²) in [5.41, 5.74) is 2.29. The van der Waals surface area contributed by atoms with Crippen LogP contribution in [0.4, 0.5) is 0 Å². The third-order valence-electron chi connectivity index (χ3n) is 3.39. The molecule has 1 unspecified atom stereocenters. The van der Waals surface area contributed by atoms with E-state index in [0.29, 0.717) is 5.92 Å². The van der Waals surface area contributed by atoms with Gasteiger partial charge in [0.05, 0.1) is 7.11 Å². The molecule has 2 aromatic rings. The van der Waals surface area contributed by atoms with E-state index in [4.69, 9.17) is 9.47 Å². The molecule has 19 heavy (non-hydrogen) atoms. The normalized spacial score (nSPS) is 17.2. The minimum absolute atomic E-state index is 0.338. The van der Waals surface area contributed by atoms with Crippen molar-refractivity contribution in [2.75, 3.05) is 7.11 Å². The average molecular weight is 252 g/mol. The number of methoxy groups -OCH3 is 1. The maximum absolute atomic E-state index is 6.01. The minimum Gasteiger partial charge on any atom is -0.497 e. The van der Waals surface area contributed by atoms with Crippen LogP contribution in [-0.2, 0) is 0 Å². The van der Waals surface area contributed by atoms with E-state index >= 15 is 0 Å². The van der Waals surface area contributed by atoms with E-state index in [1.54, 1.807) is 7.11 Å². The molecule has 96 valence electrons. The Bertz CT molecular complexity index is 614. The monoisotopic (exact) mass is 252 g/mol. The van der Waals surface area contributed by atoms with Crippen LogP contribution >= 0.6 is 0 Å². The smallest absolute Gasteiger partial charge is 0.134 e. The molecule has 2 heteroatoms. The fourth-order valence-electron chi connectivity index (χ4n) is 2.33. The van der Waals surface area contributed by atoms with Crippen molar-refractivity contribution in [2.24, 2.45) is 0 Å². The van der Waals surface area contributed by atoms with Gasteiger partial charge in [-0.3, -0.25) is 0 Å². The van der Waals surface area contributed by atoms with Crippen molar-refractivity contribution in [1.29, 1.82) is 0 Å².